The highest BCUT2D eigenvalue weighted by Crippen LogP contribution is 2.15. The SMILES string of the molecule is CCCCCCCCCCCCCCCCCCN1CCN(C(=O)c2ccc(CC#N)cc2)CC1. The van der Waals surface area contributed by atoms with Gasteiger partial charge in [0.05, 0.1) is 12.5 Å². The number of amides is 1. The molecule has 4 nitrogen and oxygen atoms in total. The van der Waals surface area contributed by atoms with Gasteiger partial charge in [-0.05, 0) is 30.7 Å². The van der Waals surface area contributed by atoms with E-state index in [-0.39, 0.29) is 5.91 Å². The van der Waals surface area contributed by atoms with E-state index in [1.165, 1.54) is 109 Å². The van der Waals surface area contributed by atoms with Gasteiger partial charge in [-0.25, -0.2) is 0 Å². The number of hydrogen-bond acceptors (Lipinski definition) is 3. The van der Waals surface area contributed by atoms with Gasteiger partial charge in [-0.15, -0.1) is 0 Å². The van der Waals surface area contributed by atoms with Gasteiger partial charge in [-0.2, -0.15) is 5.26 Å². The summed E-state index contributed by atoms with van der Waals surface area (Å²) >= 11 is 0. The number of unbranched alkanes of at least 4 members (excludes halogenated alkanes) is 15. The molecule has 0 bridgehead atoms. The zero-order valence-electron chi connectivity index (χ0n) is 22.6. The fourth-order valence-electron chi connectivity index (χ4n) is 5.10. The highest BCUT2D eigenvalue weighted by atomic mass is 16.2. The normalized spacial score (nSPS) is 14.2. The summed E-state index contributed by atoms with van der Waals surface area (Å²) in [5.41, 5.74) is 1.70. The van der Waals surface area contributed by atoms with E-state index < -0.39 is 0 Å². The zero-order valence-corrected chi connectivity index (χ0v) is 22.6. The van der Waals surface area contributed by atoms with Gasteiger partial charge in [0.15, 0.2) is 0 Å². The summed E-state index contributed by atoms with van der Waals surface area (Å²) in [7, 11) is 0. The summed E-state index contributed by atoms with van der Waals surface area (Å²) in [6.45, 7) is 7.06. The molecule has 1 aliphatic rings. The Kier molecular flexibility index (Phi) is 16.2. The van der Waals surface area contributed by atoms with Crippen LogP contribution in [0.4, 0.5) is 0 Å². The van der Waals surface area contributed by atoms with Gasteiger partial charge in [-0.1, -0.05) is 115 Å². The van der Waals surface area contributed by atoms with Crippen molar-refractivity contribution >= 4 is 5.91 Å². The Labute approximate surface area is 216 Å². The molecule has 0 saturated carbocycles. The average Bonchev–Trinajstić information content (AvgIpc) is 2.89. The van der Waals surface area contributed by atoms with Crippen LogP contribution in [-0.4, -0.2) is 48.4 Å². The predicted molar refractivity (Wildman–Crippen MR) is 148 cm³/mol. The summed E-state index contributed by atoms with van der Waals surface area (Å²) in [5.74, 6) is 0.121. The van der Waals surface area contributed by atoms with Gasteiger partial charge < -0.3 is 4.90 Å². The van der Waals surface area contributed by atoms with Crippen LogP contribution in [0.25, 0.3) is 0 Å². The molecule has 0 aliphatic carbocycles. The largest absolute Gasteiger partial charge is 0.336 e. The van der Waals surface area contributed by atoms with E-state index >= 15 is 0 Å². The highest BCUT2D eigenvalue weighted by Gasteiger charge is 2.21. The van der Waals surface area contributed by atoms with Crippen LogP contribution in [0.1, 0.15) is 126 Å². The van der Waals surface area contributed by atoms with E-state index in [4.69, 9.17) is 5.26 Å². The zero-order chi connectivity index (χ0) is 25.0. The highest BCUT2D eigenvalue weighted by molar-refractivity contribution is 5.94. The van der Waals surface area contributed by atoms with Crippen molar-refractivity contribution in [3.8, 4) is 6.07 Å². The second-order valence-corrected chi connectivity index (χ2v) is 10.5. The van der Waals surface area contributed by atoms with Gasteiger partial charge in [0.2, 0.25) is 0 Å². The molecule has 1 aromatic carbocycles. The Balaban J connectivity index is 1.39. The predicted octanol–water partition coefficient (Wildman–Crippen LogP) is 7.77. The summed E-state index contributed by atoms with van der Waals surface area (Å²) < 4.78 is 0. The van der Waals surface area contributed by atoms with Crippen LogP contribution >= 0.6 is 0 Å². The van der Waals surface area contributed by atoms with Crippen molar-refractivity contribution in [3.05, 3.63) is 35.4 Å². The van der Waals surface area contributed by atoms with Gasteiger partial charge in [0.25, 0.3) is 5.91 Å². The number of rotatable bonds is 19. The molecule has 0 atom stereocenters. The van der Waals surface area contributed by atoms with Crippen LogP contribution in [0, 0.1) is 11.3 Å². The minimum absolute atomic E-state index is 0.121. The van der Waals surface area contributed by atoms with Crippen LogP contribution in [0.15, 0.2) is 24.3 Å². The third-order valence-corrected chi connectivity index (χ3v) is 7.47. The third-order valence-electron chi connectivity index (χ3n) is 7.47. The first kappa shape index (κ1) is 29.4. The van der Waals surface area contributed by atoms with Crippen LogP contribution in [0.5, 0.6) is 0 Å². The molecule has 1 fully saturated rings. The van der Waals surface area contributed by atoms with Gasteiger partial charge in [0.1, 0.15) is 0 Å². The quantitative estimate of drug-likeness (QED) is 0.190. The second-order valence-electron chi connectivity index (χ2n) is 10.5. The van der Waals surface area contributed by atoms with Crippen molar-refractivity contribution in [1.29, 1.82) is 5.26 Å². The number of nitrogens with zero attached hydrogens (tertiary/aromatic N) is 3. The van der Waals surface area contributed by atoms with Crippen molar-refractivity contribution in [3.63, 3.8) is 0 Å². The molecule has 1 aromatic rings. The first-order valence-corrected chi connectivity index (χ1v) is 14.7. The lowest BCUT2D eigenvalue weighted by atomic mass is 10.0. The summed E-state index contributed by atoms with van der Waals surface area (Å²) in [5, 5.41) is 8.79. The van der Waals surface area contributed by atoms with Crippen LogP contribution in [0.3, 0.4) is 0 Å². The molecular weight excluding hydrogens is 430 g/mol. The Morgan fingerprint density at radius 1 is 0.714 bits per heavy atom. The minimum atomic E-state index is 0.121. The Hall–Kier alpha value is -1.86. The summed E-state index contributed by atoms with van der Waals surface area (Å²) in [6, 6.07) is 9.65. The molecule has 4 heteroatoms. The first-order valence-electron chi connectivity index (χ1n) is 14.7. The lowest BCUT2D eigenvalue weighted by molar-refractivity contribution is 0.0635. The number of hydrogen-bond donors (Lipinski definition) is 0. The lowest BCUT2D eigenvalue weighted by Crippen LogP contribution is -2.48. The molecule has 1 heterocycles. The fraction of sp³-hybridized carbons (Fsp3) is 0.742. The van der Waals surface area contributed by atoms with E-state index in [1.807, 2.05) is 29.2 Å². The van der Waals surface area contributed by atoms with E-state index in [0.717, 1.165) is 37.3 Å². The van der Waals surface area contributed by atoms with Gasteiger partial charge in [0, 0.05) is 31.7 Å². The number of carbonyl (C=O) groups excluding carboxylic acids is 1. The van der Waals surface area contributed by atoms with E-state index in [0.29, 0.717) is 6.42 Å². The molecule has 0 spiro atoms. The third kappa shape index (κ3) is 13.1. The maximum absolute atomic E-state index is 12.7. The van der Waals surface area contributed by atoms with E-state index in [2.05, 4.69) is 17.9 Å². The Morgan fingerprint density at radius 3 is 1.63 bits per heavy atom. The molecule has 1 aliphatic heterocycles. The summed E-state index contributed by atoms with van der Waals surface area (Å²) in [4.78, 5) is 17.2. The van der Waals surface area contributed by atoms with Crippen LogP contribution < -0.4 is 0 Å². The van der Waals surface area contributed by atoms with Crippen molar-refractivity contribution in [1.82, 2.24) is 9.80 Å². The summed E-state index contributed by atoms with van der Waals surface area (Å²) in [6.07, 6.45) is 23.0. The van der Waals surface area contributed by atoms with Crippen molar-refractivity contribution in [2.24, 2.45) is 0 Å². The van der Waals surface area contributed by atoms with Crippen molar-refractivity contribution in [2.45, 2.75) is 116 Å². The number of carbonyl (C=O) groups is 1. The maximum Gasteiger partial charge on any atom is 0.253 e. The molecule has 1 amide bonds. The molecule has 0 radical (unpaired) electrons. The topological polar surface area (TPSA) is 47.3 Å². The molecular formula is C31H51N3O. The maximum atomic E-state index is 12.7. The molecule has 196 valence electrons. The van der Waals surface area contributed by atoms with Crippen molar-refractivity contribution in [2.75, 3.05) is 32.7 Å². The fourth-order valence-corrected chi connectivity index (χ4v) is 5.10. The van der Waals surface area contributed by atoms with Crippen LogP contribution in [-0.2, 0) is 6.42 Å². The molecule has 35 heavy (non-hydrogen) atoms. The van der Waals surface area contributed by atoms with E-state index in [9.17, 15) is 4.79 Å². The average molecular weight is 482 g/mol. The monoisotopic (exact) mass is 481 g/mol. The minimum Gasteiger partial charge on any atom is -0.336 e. The van der Waals surface area contributed by atoms with Gasteiger partial charge >= 0.3 is 0 Å². The number of piperazine rings is 1. The second kappa shape index (κ2) is 19.3. The molecule has 1 saturated heterocycles. The number of benzene rings is 1. The lowest BCUT2D eigenvalue weighted by Gasteiger charge is -2.34. The Morgan fingerprint density at radius 2 is 1.17 bits per heavy atom. The van der Waals surface area contributed by atoms with Gasteiger partial charge in [-0.3, -0.25) is 9.69 Å². The Bertz CT molecular complexity index is 701. The number of nitriles is 1. The first-order chi connectivity index (χ1) is 17.2. The molecule has 2 rings (SSSR count). The molecule has 0 unspecified atom stereocenters. The van der Waals surface area contributed by atoms with Crippen LogP contribution in [0.2, 0.25) is 0 Å². The van der Waals surface area contributed by atoms with Crippen molar-refractivity contribution < 1.29 is 4.79 Å². The molecule has 0 N–H and O–H groups in total. The smallest absolute Gasteiger partial charge is 0.253 e. The molecule has 0 aromatic heterocycles. The van der Waals surface area contributed by atoms with E-state index in [1.54, 1.807) is 0 Å². The standard InChI is InChI=1S/C31H51N3O/c1-2-3-4-5-6-7-8-9-10-11-12-13-14-15-16-17-24-33-25-27-34(28-26-33)31(35)30-20-18-29(19-21-30)22-23-32/h18-21H,2-17,22,24-28H2,1H3.